The molecule has 9 heteroatoms. The lowest BCUT2D eigenvalue weighted by molar-refractivity contribution is -0.137. The van der Waals surface area contributed by atoms with Crippen molar-refractivity contribution >= 4 is 15.5 Å². The molecular weight excluding hydrogens is 453 g/mol. The van der Waals surface area contributed by atoms with Crippen molar-refractivity contribution in [1.82, 2.24) is 4.57 Å². The van der Waals surface area contributed by atoms with Crippen molar-refractivity contribution < 1.29 is 26.7 Å². The van der Waals surface area contributed by atoms with Crippen LogP contribution in [0.25, 0.3) is 11.3 Å². The second kappa shape index (κ2) is 8.53. The molecule has 1 saturated carbocycles. The number of sulfone groups is 1. The van der Waals surface area contributed by atoms with Crippen LogP contribution in [0.3, 0.4) is 0 Å². The predicted octanol–water partition coefficient (Wildman–Crippen LogP) is 5.40. The van der Waals surface area contributed by atoms with E-state index in [1.54, 1.807) is 19.2 Å². The van der Waals surface area contributed by atoms with Crippen LogP contribution in [-0.4, -0.2) is 24.3 Å². The summed E-state index contributed by atoms with van der Waals surface area (Å²) in [6.45, 7) is 2.29. The van der Waals surface area contributed by atoms with E-state index in [9.17, 15) is 26.7 Å². The fourth-order valence-corrected chi connectivity index (χ4v) is 4.64. The fourth-order valence-electron chi connectivity index (χ4n) is 4.01. The standard InChI is InChI=1S/C24H25F3N2O3S/c1-15-20(23(30)28-17-9-11-18(12-10-17)33(2,31)32)14-29(13-16-7-8-16)22(15)19-5-3-4-6-21(19)24(25,26)27/h3-6,9-12,14,16,23,28,30H,7-8,13H2,1-2H3. The Morgan fingerprint density at radius 1 is 1.12 bits per heavy atom. The molecule has 1 unspecified atom stereocenters. The Hall–Kier alpha value is -2.78. The third-order valence-electron chi connectivity index (χ3n) is 5.89. The highest BCUT2D eigenvalue weighted by Crippen LogP contribution is 2.42. The Morgan fingerprint density at radius 2 is 1.76 bits per heavy atom. The van der Waals surface area contributed by atoms with Crippen molar-refractivity contribution in [3.8, 4) is 11.3 Å². The molecule has 2 N–H and O–H groups in total. The fraction of sp³-hybridized carbons (Fsp3) is 0.333. The van der Waals surface area contributed by atoms with Crippen LogP contribution in [0.15, 0.2) is 59.6 Å². The van der Waals surface area contributed by atoms with Crippen LogP contribution in [0.4, 0.5) is 18.9 Å². The average Bonchev–Trinajstić information content (AvgIpc) is 3.49. The zero-order valence-electron chi connectivity index (χ0n) is 18.2. The zero-order chi connectivity index (χ0) is 24.0. The first kappa shape index (κ1) is 23.4. The first-order valence-electron chi connectivity index (χ1n) is 10.6. The van der Waals surface area contributed by atoms with Gasteiger partial charge in [-0.25, -0.2) is 8.42 Å². The number of hydrogen-bond donors (Lipinski definition) is 2. The van der Waals surface area contributed by atoms with Crippen LogP contribution in [0.5, 0.6) is 0 Å². The Labute approximate surface area is 190 Å². The predicted molar refractivity (Wildman–Crippen MR) is 120 cm³/mol. The smallest absolute Gasteiger partial charge is 0.369 e. The summed E-state index contributed by atoms with van der Waals surface area (Å²) in [6.07, 6.45) is -0.821. The molecule has 2 aromatic carbocycles. The number of aromatic nitrogens is 1. The number of hydrogen-bond acceptors (Lipinski definition) is 4. The molecule has 1 fully saturated rings. The summed E-state index contributed by atoms with van der Waals surface area (Å²) in [7, 11) is -3.35. The molecule has 176 valence electrons. The molecular formula is C24H25F3N2O3S. The van der Waals surface area contributed by atoms with E-state index in [1.165, 1.54) is 36.4 Å². The van der Waals surface area contributed by atoms with Crippen molar-refractivity contribution in [1.29, 1.82) is 0 Å². The normalized spacial score (nSPS) is 15.5. The lowest BCUT2D eigenvalue weighted by atomic mass is 9.99. The van der Waals surface area contributed by atoms with E-state index < -0.39 is 27.8 Å². The van der Waals surface area contributed by atoms with Gasteiger partial charge in [0.1, 0.15) is 0 Å². The van der Waals surface area contributed by atoms with Gasteiger partial charge in [-0.3, -0.25) is 0 Å². The van der Waals surface area contributed by atoms with Crippen molar-refractivity contribution in [2.75, 3.05) is 11.6 Å². The largest absolute Gasteiger partial charge is 0.417 e. The molecule has 0 radical (unpaired) electrons. The lowest BCUT2D eigenvalue weighted by Crippen LogP contribution is -2.10. The van der Waals surface area contributed by atoms with E-state index in [1.807, 2.05) is 4.57 Å². The quantitative estimate of drug-likeness (QED) is 0.446. The van der Waals surface area contributed by atoms with Crippen molar-refractivity contribution in [2.24, 2.45) is 5.92 Å². The molecule has 33 heavy (non-hydrogen) atoms. The lowest BCUT2D eigenvalue weighted by Gasteiger charge is -2.17. The van der Waals surface area contributed by atoms with Crippen LogP contribution in [-0.2, 0) is 22.6 Å². The molecule has 0 aliphatic heterocycles. The molecule has 3 aromatic rings. The average molecular weight is 479 g/mol. The number of aliphatic hydroxyl groups is 1. The van der Waals surface area contributed by atoms with Gasteiger partial charge in [-0.1, -0.05) is 18.2 Å². The minimum absolute atomic E-state index is 0.0825. The molecule has 1 aliphatic carbocycles. The summed E-state index contributed by atoms with van der Waals surface area (Å²) in [4.78, 5) is 0.153. The van der Waals surface area contributed by atoms with E-state index in [0.717, 1.165) is 25.2 Å². The summed E-state index contributed by atoms with van der Waals surface area (Å²) in [5.74, 6) is 0.412. The molecule has 0 saturated heterocycles. The van der Waals surface area contributed by atoms with Gasteiger partial charge in [0.15, 0.2) is 16.1 Å². The van der Waals surface area contributed by atoms with E-state index >= 15 is 0 Å². The molecule has 1 heterocycles. The summed E-state index contributed by atoms with van der Waals surface area (Å²) in [5.41, 5.74) is 1.32. The number of nitrogens with one attached hydrogen (secondary N) is 1. The second-order valence-corrected chi connectivity index (χ2v) is 10.6. The third-order valence-corrected chi connectivity index (χ3v) is 7.02. The summed E-state index contributed by atoms with van der Waals surface area (Å²) in [6, 6.07) is 11.4. The number of aliphatic hydroxyl groups excluding tert-OH is 1. The van der Waals surface area contributed by atoms with Gasteiger partial charge in [0, 0.05) is 35.8 Å². The van der Waals surface area contributed by atoms with Gasteiger partial charge in [-0.15, -0.1) is 0 Å². The van der Waals surface area contributed by atoms with Gasteiger partial charge >= 0.3 is 6.18 Å². The molecule has 0 bridgehead atoms. The van der Waals surface area contributed by atoms with Crippen LogP contribution >= 0.6 is 0 Å². The third kappa shape index (κ3) is 5.09. The molecule has 5 nitrogen and oxygen atoms in total. The van der Waals surface area contributed by atoms with E-state index in [0.29, 0.717) is 35.0 Å². The van der Waals surface area contributed by atoms with Gasteiger partial charge in [0.05, 0.1) is 16.2 Å². The Kier molecular flexibility index (Phi) is 6.05. The number of anilines is 1. The maximum absolute atomic E-state index is 13.7. The van der Waals surface area contributed by atoms with Crippen LogP contribution in [0, 0.1) is 12.8 Å². The summed E-state index contributed by atoms with van der Waals surface area (Å²) in [5, 5.41) is 13.8. The highest BCUT2D eigenvalue weighted by Gasteiger charge is 2.35. The Morgan fingerprint density at radius 3 is 2.33 bits per heavy atom. The molecule has 0 spiro atoms. The van der Waals surface area contributed by atoms with E-state index in [-0.39, 0.29) is 10.5 Å². The zero-order valence-corrected chi connectivity index (χ0v) is 19.0. The Bertz CT molecular complexity index is 1260. The van der Waals surface area contributed by atoms with Gasteiger partial charge in [0.25, 0.3) is 0 Å². The molecule has 1 aliphatic rings. The first-order chi connectivity index (χ1) is 15.4. The monoisotopic (exact) mass is 478 g/mol. The van der Waals surface area contributed by atoms with Crippen LogP contribution in [0.2, 0.25) is 0 Å². The highest BCUT2D eigenvalue weighted by atomic mass is 32.2. The maximum atomic E-state index is 13.7. The Balaban J connectivity index is 1.71. The van der Waals surface area contributed by atoms with Gasteiger partial charge in [-0.05, 0) is 61.6 Å². The summed E-state index contributed by atoms with van der Waals surface area (Å²) >= 11 is 0. The van der Waals surface area contributed by atoms with Crippen LogP contribution in [0.1, 0.15) is 35.8 Å². The van der Waals surface area contributed by atoms with Crippen molar-refractivity contribution in [2.45, 2.75) is 43.6 Å². The molecule has 0 amide bonds. The van der Waals surface area contributed by atoms with Crippen molar-refractivity contribution in [3.05, 3.63) is 71.4 Å². The highest BCUT2D eigenvalue weighted by molar-refractivity contribution is 7.90. The summed E-state index contributed by atoms with van der Waals surface area (Å²) < 4.78 is 66.3. The van der Waals surface area contributed by atoms with E-state index in [4.69, 9.17) is 0 Å². The second-order valence-electron chi connectivity index (χ2n) is 8.54. The number of rotatable bonds is 7. The topological polar surface area (TPSA) is 71.3 Å². The molecule has 1 atom stereocenters. The number of halogens is 3. The van der Waals surface area contributed by atoms with Gasteiger partial charge in [-0.2, -0.15) is 13.2 Å². The van der Waals surface area contributed by atoms with Gasteiger partial charge < -0.3 is 15.0 Å². The molecule has 1 aromatic heterocycles. The molecule has 4 rings (SSSR count). The maximum Gasteiger partial charge on any atom is 0.417 e. The van der Waals surface area contributed by atoms with Gasteiger partial charge in [0.2, 0.25) is 0 Å². The van der Waals surface area contributed by atoms with E-state index in [2.05, 4.69) is 5.32 Å². The first-order valence-corrected chi connectivity index (χ1v) is 12.4. The van der Waals surface area contributed by atoms with Crippen LogP contribution < -0.4 is 5.32 Å². The minimum atomic E-state index is -4.50. The van der Waals surface area contributed by atoms with Crippen molar-refractivity contribution in [3.63, 3.8) is 0 Å². The minimum Gasteiger partial charge on any atom is -0.369 e. The number of alkyl halides is 3. The number of benzene rings is 2. The number of nitrogens with zero attached hydrogens (tertiary/aromatic N) is 1. The SMILES string of the molecule is Cc1c(C(O)Nc2ccc(S(C)(=O)=O)cc2)cn(CC2CC2)c1-c1ccccc1C(F)(F)F.